The molecule has 1 aromatic heterocycles. The Labute approximate surface area is 124 Å². The van der Waals surface area contributed by atoms with E-state index in [0.29, 0.717) is 15.9 Å². The van der Waals surface area contributed by atoms with Crippen molar-refractivity contribution in [2.45, 2.75) is 6.36 Å². The highest BCUT2D eigenvalue weighted by Crippen LogP contribution is 2.30. The zero-order chi connectivity index (χ0) is 14.9. The molecule has 1 aromatic carbocycles. The molecule has 2 rings (SSSR count). The summed E-state index contributed by atoms with van der Waals surface area (Å²) in [6.07, 6.45) is -4.73. The number of nitrogen functional groups attached to an aromatic ring is 1. The van der Waals surface area contributed by atoms with E-state index in [0.717, 1.165) is 12.1 Å². The number of aromatic nitrogens is 2. The van der Waals surface area contributed by atoms with Crippen LogP contribution in [0.15, 0.2) is 28.9 Å². The minimum Gasteiger partial charge on any atom is -0.406 e. The van der Waals surface area contributed by atoms with Crippen LogP contribution >= 0.6 is 27.5 Å². The Hall–Kier alpha value is -1.54. The summed E-state index contributed by atoms with van der Waals surface area (Å²) < 4.78 is 40.2. The highest BCUT2D eigenvalue weighted by atomic mass is 79.9. The van der Waals surface area contributed by atoms with Crippen molar-refractivity contribution in [1.82, 2.24) is 9.97 Å². The summed E-state index contributed by atoms with van der Waals surface area (Å²) in [7, 11) is 0. The van der Waals surface area contributed by atoms with E-state index in [1.54, 1.807) is 0 Å². The Kier molecular flexibility index (Phi) is 4.05. The summed E-state index contributed by atoms with van der Waals surface area (Å²) in [6.45, 7) is 0. The molecule has 0 radical (unpaired) electrons. The van der Waals surface area contributed by atoms with Crippen LogP contribution in [0.1, 0.15) is 0 Å². The van der Waals surface area contributed by atoms with Gasteiger partial charge in [-0.1, -0.05) is 11.6 Å². The molecular weight excluding hydrogens is 362 g/mol. The van der Waals surface area contributed by atoms with Crippen LogP contribution in [-0.2, 0) is 0 Å². The lowest BCUT2D eigenvalue weighted by Gasteiger charge is -2.10. The minimum atomic E-state index is -4.73. The summed E-state index contributed by atoms with van der Waals surface area (Å²) in [5, 5.41) is 0.0511. The second kappa shape index (κ2) is 5.45. The molecular formula is C11H6BrClF3N3O. The van der Waals surface area contributed by atoms with E-state index >= 15 is 0 Å². The summed E-state index contributed by atoms with van der Waals surface area (Å²) >= 11 is 9.00. The van der Waals surface area contributed by atoms with Crippen LogP contribution in [-0.4, -0.2) is 16.3 Å². The molecule has 2 N–H and O–H groups in total. The molecule has 0 bridgehead atoms. The van der Waals surface area contributed by atoms with Gasteiger partial charge < -0.3 is 10.5 Å². The first-order valence-electron chi connectivity index (χ1n) is 5.11. The van der Waals surface area contributed by atoms with Gasteiger partial charge in [0.05, 0.1) is 0 Å². The summed E-state index contributed by atoms with van der Waals surface area (Å²) in [6, 6.07) is 5.09. The Morgan fingerprint density at radius 1 is 1.15 bits per heavy atom. The quantitative estimate of drug-likeness (QED) is 0.869. The third-order valence-corrected chi connectivity index (χ3v) is 3.04. The van der Waals surface area contributed by atoms with E-state index in [2.05, 4.69) is 30.6 Å². The topological polar surface area (TPSA) is 61.0 Å². The van der Waals surface area contributed by atoms with Gasteiger partial charge in [-0.3, -0.25) is 0 Å². The van der Waals surface area contributed by atoms with Crippen molar-refractivity contribution < 1.29 is 17.9 Å². The van der Waals surface area contributed by atoms with Crippen LogP contribution in [0, 0.1) is 0 Å². The Bertz CT molecular complexity index is 634. The van der Waals surface area contributed by atoms with E-state index in [9.17, 15) is 13.2 Å². The molecule has 0 saturated carbocycles. The average Bonchev–Trinajstić information content (AvgIpc) is 2.33. The predicted octanol–water partition coefficient (Wildman–Crippen LogP) is 4.04. The average molecular weight is 369 g/mol. The second-order valence-corrected chi connectivity index (χ2v) is 4.72. The number of anilines is 1. The fourth-order valence-corrected chi connectivity index (χ4v) is 1.91. The zero-order valence-corrected chi connectivity index (χ0v) is 11.9. The van der Waals surface area contributed by atoms with Crippen LogP contribution in [0.2, 0.25) is 5.15 Å². The number of halogens is 5. The molecule has 2 aromatic rings. The molecule has 0 saturated heterocycles. The fraction of sp³-hybridized carbons (Fsp3) is 0.0909. The first-order valence-corrected chi connectivity index (χ1v) is 6.28. The molecule has 0 unspecified atom stereocenters. The molecule has 4 nitrogen and oxygen atoms in total. The number of benzene rings is 1. The SMILES string of the molecule is Nc1nc(Cl)c(-c2ccc(OC(F)(F)F)cc2)nc1Br. The normalized spacial score (nSPS) is 11.4. The minimum absolute atomic E-state index is 0.0511. The molecule has 20 heavy (non-hydrogen) atoms. The van der Waals surface area contributed by atoms with Gasteiger partial charge in [-0.15, -0.1) is 13.2 Å². The third-order valence-electron chi connectivity index (χ3n) is 2.20. The van der Waals surface area contributed by atoms with Gasteiger partial charge in [0.1, 0.15) is 16.0 Å². The molecule has 1 heterocycles. The lowest BCUT2D eigenvalue weighted by Crippen LogP contribution is -2.16. The lowest BCUT2D eigenvalue weighted by atomic mass is 10.1. The van der Waals surface area contributed by atoms with Crippen molar-refractivity contribution in [3.63, 3.8) is 0 Å². The molecule has 0 spiro atoms. The van der Waals surface area contributed by atoms with Crippen LogP contribution < -0.4 is 10.5 Å². The predicted molar refractivity (Wildman–Crippen MR) is 71.3 cm³/mol. The largest absolute Gasteiger partial charge is 0.573 e. The van der Waals surface area contributed by atoms with Gasteiger partial charge in [0.15, 0.2) is 11.0 Å². The summed E-state index contributed by atoms with van der Waals surface area (Å²) in [5.41, 5.74) is 6.29. The number of nitrogens with two attached hydrogens (primary N) is 1. The maximum Gasteiger partial charge on any atom is 0.573 e. The second-order valence-electron chi connectivity index (χ2n) is 3.61. The molecule has 0 amide bonds. The smallest absolute Gasteiger partial charge is 0.406 e. The zero-order valence-electron chi connectivity index (χ0n) is 9.58. The maximum absolute atomic E-state index is 12.0. The monoisotopic (exact) mass is 367 g/mol. The number of ether oxygens (including phenoxy) is 1. The van der Waals surface area contributed by atoms with Crippen LogP contribution in [0.3, 0.4) is 0 Å². The fourth-order valence-electron chi connectivity index (χ4n) is 1.40. The highest BCUT2D eigenvalue weighted by molar-refractivity contribution is 9.10. The van der Waals surface area contributed by atoms with Gasteiger partial charge in [-0.2, -0.15) is 0 Å². The van der Waals surface area contributed by atoms with Crippen molar-refractivity contribution in [3.8, 4) is 17.0 Å². The van der Waals surface area contributed by atoms with Gasteiger partial charge in [-0.05, 0) is 40.2 Å². The van der Waals surface area contributed by atoms with Crippen LogP contribution in [0.25, 0.3) is 11.3 Å². The van der Waals surface area contributed by atoms with E-state index in [1.807, 2.05) is 0 Å². The van der Waals surface area contributed by atoms with Crippen LogP contribution in [0.5, 0.6) is 5.75 Å². The number of nitrogens with zero attached hydrogens (tertiary/aromatic N) is 2. The summed E-state index contributed by atoms with van der Waals surface area (Å²) in [4.78, 5) is 7.93. The molecule has 9 heteroatoms. The van der Waals surface area contributed by atoms with E-state index in [4.69, 9.17) is 17.3 Å². The van der Waals surface area contributed by atoms with E-state index in [-0.39, 0.29) is 16.7 Å². The number of alkyl halides is 3. The van der Waals surface area contributed by atoms with Gasteiger partial charge in [0.25, 0.3) is 0 Å². The van der Waals surface area contributed by atoms with Crippen LogP contribution in [0.4, 0.5) is 19.0 Å². The summed E-state index contributed by atoms with van der Waals surface area (Å²) in [5.74, 6) is -0.212. The third kappa shape index (κ3) is 3.51. The molecule has 0 aliphatic rings. The Morgan fingerprint density at radius 3 is 2.30 bits per heavy atom. The lowest BCUT2D eigenvalue weighted by molar-refractivity contribution is -0.274. The van der Waals surface area contributed by atoms with E-state index in [1.165, 1.54) is 12.1 Å². The van der Waals surface area contributed by atoms with Crippen molar-refractivity contribution in [2.75, 3.05) is 5.73 Å². The first-order chi connectivity index (χ1) is 9.26. The number of hydrogen-bond acceptors (Lipinski definition) is 4. The van der Waals surface area contributed by atoms with E-state index < -0.39 is 6.36 Å². The van der Waals surface area contributed by atoms with Crippen molar-refractivity contribution >= 4 is 33.3 Å². The molecule has 0 aliphatic heterocycles. The van der Waals surface area contributed by atoms with Gasteiger partial charge in [0.2, 0.25) is 0 Å². The standard InChI is InChI=1S/C11H6BrClF3N3O/c12-8-10(17)19-9(13)7(18-8)5-1-3-6(4-2-5)20-11(14,15)16/h1-4H,(H2,17,19). The Morgan fingerprint density at radius 2 is 1.75 bits per heavy atom. The van der Waals surface area contributed by atoms with Crippen molar-refractivity contribution in [2.24, 2.45) is 0 Å². The highest BCUT2D eigenvalue weighted by Gasteiger charge is 2.31. The number of rotatable bonds is 2. The first kappa shape index (κ1) is 14.9. The van der Waals surface area contributed by atoms with Gasteiger partial charge in [-0.25, -0.2) is 9.97 Å². The number of hydrogen-bond donors (Lipinski definition) is 1. The van der Waals surface area contributed by atoms with Crippen molar-refractivity contribution in [3.05, 3.63) is 34.0 Å². The van der Waals surface area contributed by atoms with Gasteiger partial charge >= 0.3 is 6.36 Å². The molecule has 0 atom stereocenters. The molecule has 0 fully saturated rings. The maximum atomic E-state index is 12.0. The molecule has 106 valence electrons. The Balaban J connectivity index is 2.33. The molecule has 0 aliphatic carbocycles. The van der Waals surface area contributed by atoms with Crippen molar-refractivity contribution in [1.29, 1.82) is 0 Å². The van der Waals surface area contributed by atoms with Gasteiger partial charge in [0, 0.05) is 5.56 Å².